The summed E-state index contributed by atoms with van der Waals surface area (Å²) in [5.41, 5.74) is 8.01. The van der Waals surface area contributed by atoms with Crippen LogP contribution in [0.2, 0.25) is 0 Å². The zero-order valence-electron chi connectivity index (χ0n) is 12.7. The molecule has 0 aromatic heterocycles. The molecule has 1 heterocycles. The topological polar surface area (TPSA) is 58.7 Å². The van der Waals surface area contributed by atoms with E-state index in [9.17, 15) is 5.11 Å². The van der Waals surface area contributed by atoms with Crippen molar-refractivity contribution in [2.75, 3.05) is 23.7 Å². The van der Waals surface area contributed by atoms with Crippen LogP contribution >= 0.6 is 0 Å². The van der Waals surface area contributed by atoms with Gasteiger partial charge in [-0.1, -0.05) is 6.07 Å². The predicted molar refractivity (Wildman–Crippen MR) is 83.2 cm³/mol. The molecule has 4 heteroatoms. The number of piperidine rings is 1. The summed E-state index contributed by atoms with van der Waals surface area (Å²) in [7, 11) is 0. The van der Waals surface area contributed by atoms with Crippen LogP contribution in [0, 0.1) is 5.92 Å². The average molecular weight is 278 g/mol. The monoisotopic (exact) mass is 278 g/mol. The minimum absolute atomic E-state index is 0.119. The molecule has 0 aliphatic carbocycles. The SMILES string of the molecule is CC(C)Oc1cccc(N2CCC(C(C)O)CC2)c1N. The molecular formula is C16H26N2O2. The van der Waals surface area contributed by atoms with Gasteiger partial charge in [-0.05, 0) is 51.7 Å². The number of nitrogen functional groups attached to an aromatic ring is 1. The fraction of sp³-hybridized carbons (Fsp3) is 0.625. The van der Waals surface area contributed by atoms with Crippen molar-refractivity contribution in [1.82, 2.24) is 0 Å². The van der Waals surface area contributed by atoms with Gasteiger partial charge in [0.1, 0.15) is 5.75 Å². The van der Waals surface area contributed by atoms with Gasteiger partial charge in [0.15, 0.2) is 0 Å². The number of anilines is 2. The molecule has 1 atom stereocenters. The Kier molecular flexibility index (Phi) is 4.76. The van der Waals surface area contributed by atoms with E-state index in [-0.39, 0.29) is 12.2 Å². The molecular weight excluding hydrogens is 252 g/mol. The number of nitrogens with zero attached hydrogens (tertiary/aromatic N) is 1. The summed E-state index contributed by atoms with van der Waals surface area (Å²) in [6.45, 7) is 7.75. The zero-order valence-corrected chi connectivity index (χ0v) is 12.7. The average Bonchev–Trinajstić information content (AvgIpc) is 2.41. The molecule has 1 aromatic carbocycles. The number of nitrogens with two attached hydrogens (primary N) is 1. The lowest BCUT2D eigenvalue weighted by Crippen LogP contribution is -2.37. The maximum atomic E-state index is 9.67. The van der Waals surface area contributed by atoms with Crippen molar-refractivity contribution in [3.63, 3.8) is 0 Å². The highest BCUT2D eigenvalue weighted by Gasteiger charge is 2.24. The molecule has 0 spiro atoms. The van der Waals surface area contributed by atoms with Crippen molar-refractivity contribution in [2.24, 2.45) is 5.92 Å². The van der Waals surface area contributed by atoms with Gasteiger partial charge in [-0.3, -0.25) is 0 Å². The molecule has 0 bridgehead atoms. The molecule has 4 nitrogen and oxygen atoms in total. The van der Waals surface area contributed by atoms with E-state index < -0.39 is 0 Å². The summed E-state index contributed by atoms with van der Waals surface area (Å²) in [6.07, 6.45) is 1.91. The smallest absolute Gasteiger partial charge is 0.144 e. The Balaban J connectivity index is 2.10. The van der Waals surface area contributed by atoms with Crippen LogP contribution in [-0.4, -0.2) is 30.4 Å². The van der Waals surface area contributed by atoms with Gasteiger partial charge in [0.05, 0.1) is 23.6 Å². The molecule has 3 N–H and O–H groups in total. The van der Waals surface area contributed by atoms with Crippen LogP contribution in [0.1, 0.15) is 33.6 Å². The first-order valence-electron chi connectivity index (χ1n) is 7.47. The number of ether oxygens (including phenoxy) is 1. The molecule has 1 aliphatic heterocycles. The van der Waals surface area contributed by atoms with Crippen molar-refractivity contribution in [3.8, 4) is 5.75 Å². The fourth-order valence-electron chi connectivity index (χ4n) is 2.79. The van der Waals surface area contributed by atoms with Gasteiger partial charge < -0.3 is 20.5 Å². The lowest BCUT2D eigenvalue weighted by molar-refractivity contribution is 0.110. The molecule has 20 heavy (non-hydrogen) atoms. The second-order valence-corrected chi connectivity index (χ2v) is 5.92. The molecule has 1 saturated heterocycles. The summed E-state index contributed by atoms with van der Waals surface area (Å²) in [5, 5.41) is 9.67. The number of rotatable bonds is 4. The van der Waals surface area contributed by atoms with Crippen LogP contribution in [0.3, 0.4) is 0 Å². The standard InChI is InChI=1S/C16H26N2O2/c1-11(2)20-15-6-4-5-14(16(15)17)18-9-7-13(8-10-18)12(3)19/h4-6,11-13,19H,7-10,17H2,1-3H3. The third-order valence-electron chi connectivity index (χ3n) is 3.97. The molecule has 0 saturated carbocycles. The number of aliphatic hydroxyl groups excluding tert-OH is 1. The van der Waals surface area contributed by atoms with E-state index in [0.29, 0.717) is 5.92 Å². The molecule has 112 valence electrons. The third-order valence-corrected chi connectivity index (χ3v) is 3.97. The number of para-hydroxylation sites is 1. The lowest BCUT2D eigenvalue weighted by Gasteiger charge is -2.35. The Morgan fingerprint density at radius 3 is 2.45 bits per heavy atom. The Hall–Kier alpha value is -1.42. The maximum Gasteiger partial charge on any atom is 0.144 e. The van der Waals surface area contributed by atoms with Crippen molar-refractivity contribution in [1.29, 1.82) is 0 Å². The van der Waals surface area contributed by atoms with Crippen molar-refractivity contribution < 1.29 is 9.84 Å². The highest BCUT2D eigenvalue weighted by Crippen LogP contribution is 2.35. The van der Waals surface area contributed by atoms with Crippen molar-refractivity contribution >= 4 is 11.4 Å². The van der Waals surface area contributed by atoms with Gasteiger partial charge in [-0.15, -0.1) is 0 Å². The van der Waals surface area contributed by atoms with Gasteiger partial charge in [0, 0.05) is 13.1 Å². The highest BCUT2D eigenvalue weighted by atomic mass is 16.5. The third kappa shape index (κ3) is 3.37. The first-order chi connectivity index (χ1) is 9.49. The molecule has 2 rings (SSSR count). The first kappa shape index (κ1) is 15.0. The first-order valence-corrected chi connectivity index (χ1v) is 7.47. The van der Waals surface area contributed by atoms with Crippen LogP contribution in [0.15, 0.2) is 18.2 Å². The van der Waals surface area contributed by atoms with Gasteiger partial charge in [0.25, 0.3) is 0 Å². The molecule has 1 aliphatic rings. The van der Waals surface area contributed by atoms with E-state index in [1.54, 1.807) is 0 Å². The van der Waals surface area contributed by atoms with Crippen LogP contribution in [0.4, 0.5) is 11.4 Å². The van der Waals surface area contributed by atoms with E-state index in [2.05, 4.69) is 4.90 Å². The Morgan fingerprint density at radius 2 is 1.90 bits per heavy atom. The molecule has 1 aromatic rings. The Bertz CT molecular complexity index is 438. The maximum absolute atomic E-state index is 9.67. The van der Waals surface area contributed by atoms with Gasteiger partial charge in [-0.25, -0.2) is 0 Å². The summed E-state index contributed by atoms with van der Waals surface area (Å²) < 4.78 is 5.74. The minimum Gasteiger partial charge on any atom is -0.489 e. The van der Waals surface area contributed by atoms with Gasteiger partial charge in [0.2, 0.25) is 0 Å². The van der Waals surface area contributed by atoms with E-state index in [4.69, 9.17) is 10.5 Å². The van der Waals surface area contributed by atoms with Crippen LogP contribution in [0.5, 0.6) is 5.75 Å². The Labute approximate surface area is 121 Å². The van der Waals surface area contributed by atoms with Crippen LogP contribution < -0.4 is 15.4 Å². The summed E-state index contributed by atoms with van der Waals surface area (Å²) in [6, 6.07) is 5.96. The minimum atomic E-state index is -0.217. The normalized spacial score (nSPS) is 18.4. The predicted octanol–water partition coefficient (Wildman–Crippen LogP) is 2.65. The van der Waals surface area contributed by atoms with Crippen LogP contribution in [0.25, 0.3) is 0 Å². The van der Waals surface area contributed by atoms with Crippen LogP contribution in [-0.2, 0) is 0 Å². The Morgan fingerprint density at radius 1 is 1.25 bits per heavy atom. The second kappa shape index (κ2) is 6.35. The number of benzene rings is 1. The second-order valence-electron chi connectivity index (χ2n) is 5.92. The molecule has 0 amide bonds. The number of hydrogen-bond acceptors (Lipinski definition) is 4. The van der Waals surface area contributed by atoms with Gasteiger partial charge >= 0.3 is 0 Å². The molecule has 1 fully saturated rings. The molecule has 0 radical (unpaired) electrons. The van der Waals surface area contributed by atoms with Crippen molar-refractivity contribution in [2.45, 2.75) is 45.8 Å². The zero-order chi connectivity index (χ0) is 14.7. The highest BCUT2D eigenvalue weighted by molar-refractivity contribution is 5.74. The van der Waals surface area contributed by atoms with E-state index in [1.807, 2.05) is 39.0 Å². The van der Waals surface area contributed by atoms with E-state index in [1.165, 1.54) is 0 Å². The summed E-state index contributed by atoms with van der Waals surface area (Å²) in [5.74, 6) is 1.16. The van der Waals surface area contributed by atoms with Gasteiger partial charge in [-0.2, -0.15) is 0 Å². The quantitative estimate of drug-likeness (QED) is 0.831. The molecule has 1 unspecified atom stereocenters. The number of hydrogen-bond donors (Lipinski definition) is 2. The largest absolute Gasteiger partial charge is 0.489 e. The fourth-order valence-corrected chi connectivity index (χ4v) is 2.79. The summed E-state index contributed by atoms with van der Waals surface area (Å²) in [4.78, 5) is 2.29. The van der Waals surface area contributed by atoms with Crippen molar-refractivity contribution in [3.05, 3.63) is 18.2 Å². The van der Waals surface area contributed by atoms with E-state index in [0.717, 1.165) is 43.1 Å². The number of aliphatic hydroxyl groups is 1. The summed E-state index contributed by atoms with van der Waals surface area (Å²) >= 11 is 0. The lowest BCUT2D eigenvalue weighted by atomic mass is 9.92. The van der Waals surface area contributed by atoms with E-state index >= 15 is 0 Å².